The van der Waals surface area contributed by atoms with Crippen LogP contribution in [0.3, 0.4) is 0 Å². The molecule has 0 saturated carbocycles. The molecule has 9 nitrogen and oxygen atoms in total. The summed E-state index contributed by atoms with van der Waals surface area (Å²) in [6, 6.07) is 9.47. The highest BCUT2D eigenvalue weighted by Gasteiger charge is 2.23. The van der Waals surface area contributed by atoms with Crippen LogP contribution in [0, 0.1) is 18.6 Å². The molecule has 1 aliphatic heterocycles. The van der Waals surface area contributed by atoms with Crippen LogP contribution >= 0.6 is 0 Å². The van der Waals surface area contributed by atoms with Crippen LogP contribution in [-0.4, -0.2) is 56.7 Å². The van der Waals surface area contributed by atoms with Gasteiger partial charge in [0.05, 0.1) is 12.6 Å². The van der Waals surface area contributed by atoms with Gasteiger partial charge in [-0.05, 0) is 42.8 Å². The molecule has 4 aromatic rings. The van der Waals surface area contributed by atoms with Gasteiger partial charge >= 0.3 is 0 Å². The lowest BCUT2D eigenvalue weighted by atomic mass is 10.0. The van der Waals surface area contributed by atoms with E-state index in [2.05, 4.69) is 24.9 Å². The first-order valence-corrected chi connectivity index (χ1v) is 13.0. The summed E-state index contributed by atoms with van der Waals surface area (Å²) in [6.45, 7) is 5.18. The minimum absolute atomic E-state index is 0.00361. The third kappa shape index (κ3) is 5.02. The first kappa shape index (κ1) is 24.8. The number of methoxy groups -OCH3 is 1. The number of benzene rings is 2. The Morgan fingerprint density at radius 1 is 1.03 bits per heavy atom. The van der Waals surface area contributed by atoms with Crippen LogP contribution in [0.1, 0.15) is 5.82 Å². The molecule has 1 fully saturated rings. The molecule has 1 saturated heterocycles. The average Bonchev–Trinajstić information content (AvgIpc) is 2.88. The number of pyridine rings is 1. The van der Waals surface area contributed by atoms with E-state index >= 15 is 0 Å². The standard InChI is InChI=1S/C25H24F2N6O3S/c1-15-30-21-5-3-16(11-19(21)24(31-15)33-9-7-28-8-10-33)17-12-22(25(36-2)29-14-17)32-37(34,35)23-6-4-18(26)13-20(23)27/h3-6,11-14,28,32H,7-10H2,1-2H3. The normalized spacial score (nSPS) is 14.1. The molecule has 0 radical (unpaired) electrons. The fourth-order valence-electron chi connectivity index (χ4n) is 4.26. The highest BCUT2D eigenvalue weighted by atomic mass is 32.2. The number of aryl methyl sites for hydroxylation is 1. The van der Waals surface area contributed by atoms with Crippen molar-refractivity contribution in [3.8, 4) is 17.0 Å². The van der Waals surface area contributed by atoms with E-state index in [1.54, 1.807) is 12.3 Å². The van der Waals surface area contributed by atoms with E-state index in [1.165, 1.54) is 7.11 Å². The smallest absolute Gasteiger partial charge is 0.264 e. The Bertz CT molecular complexity index is 1590. The van der Waals surface area contributed by atoms with E-state index in [4.69, 9.17) is 9.72 Å². The Hall–Kier alpha value is -3.90. The molecule has 2 N–H and O–H groups in total. The van der Waals surface area contributed by atoms with Crippen LogP contribution in [0.5, 0.6) is 5.88 Å². The van der Waals surface area contributed by atoms with Gasteiger partial charge in [0.25, 0.3) is 10.0 Å². The molecular weight excluding hydrogens is 502 g/mol. The van der Waals surface area contributed by atoms with Gasteiger partial charge in [0.2, 0.25) is 5.88 Å². The molecule has 0 amide bonds. The second kappa shape index (κ2) is 9.87. The number of hydrogen-bond acceptors (Lipinski definition) is 8. The summed E-state index contributed by atoms with van der Waals surface area (Å²) in [5.41, 5.74) is 2.14. The van der Waals surface area contributed by atoms with E-state index in [9.17, 15) is 17.2 Å². The molecule has 0 unspecified atom stereocenters. The lowest BCUT2D eigenvalue weighted by molar-refractivity contribution is 0.400. The predicted molar refractivity (Wildman–Crippen MR) is 136 cm³/mol. The summed E-state index contributed by atoms with van der Waals surface area (Å²) in [5, 5.41) is 4.19. The van der Waals surface area contributed by atoms with Crippen molar-refractivity contribution in [2.24, 2.45) is 0 Å². The van der Waals surface area contributed by atoms with Crippen LogP contribution < -0.4 is 19.7 Å². The maximum Gasteiger partial charge on any atom is 0.264 e. The van der Waals surface area contributed by atoms with Gasteiger partial charge in [0.1, 0.15) is 33.9 Å². The van der Waals surface area contributed by atoms with Crippen molar-refractivity contribution >= 4 is 32.4 Å². The van der Waals surface area contributed by atoms with Gasteiger partial charge in [-0.2, -0.15) is 0 Å². The van der Waals surface area contributed by atoms with Gasteiger partial charge in [0.15, 0.2) is 0 Å². The predicted octanol–water partition coefficient (Wildman–Crippen LogP) is 3.50. The number of fused-ring (bicyclic) bond motifs is 1. The number of nitrogens with one attached hydrogen (secondary N) is 2. The molecule has 12 heteroatoms. The third-order valence-corrected chi connectivity index (χ3v) is 7.41. The minimum Gasteiger partial charge on any atom is -0.480 e. The maximum absolute atomic E-state index is 14.2. The van der Waals surface area contributed by atoms with Crippen molar-refractivity contribution in [1.29, 1.82) is 0 Å². The lowest BCUT2D eigenvalue weighted by Gasteiger charge is -2.29. The first-order valence-electron chi connectivity index (χ1n) is 11.5. The van der Waals surface area contributed by atoms with E-state index in [-0.39, 0.29) is 11.6 Å². The number of aromatic nitrogens is 3. The second-order valence-electron chi connectivity index (χ2n) is 8.52. The minimum atomic E-state index is -4.40. The largest absolute Gasteiger partial charge is 0.480 e. The molecule has 2 aromatic heterocycles. The number of piperazine rings is 1. The van der Waals surface area contributed by atoms with Crippen molar-refractivity contribution in [3.05, 3.63) is 66.1 Å². The van der Waals surface area contributed by atoms with Crippen LogP contribution in [-0.2, 0) is 10.0 Å². The SMILES string of the molecule is COc1ncc(-c2ccc3nc(C)nc(N4CCNCC4)c3c2)cc1NS(=O)(=O)c1ccc(F)cc1F. The van der Waals surface area contributed by atoms with E-state index < -0.39 is 26.6 Å². The van der Waals surface area contributed by atoms with Crippen molar-refractivity contribution in [3.63, 3.8) is 0 Å². The van der Waals surface area contributed by atoms with E-state index in [0.29, 0.717) is 17.5 Å². The summed E-state index contributed by atoms with van der Waals surface area (Å²) in [4.78, 5) is 15.0. The third-order valence-electron chi connectivity index (χ3n) is 6.01. The Labute approximate surface area is 212 Å². The van der Waals surface area contributed by atoms with Crippen molar-refractivity contribution in [1.82, 2.24) is 20.3 Å². The fourth-order valence-corrected chi connectivity index (χ4v) is 5.37. The van der Waals surface area contributed by atoms with Crippen molar-refractivity contribution in [2.45, 2.75) is 11.8 Å². The van der Waals surface area contributed by atoms with Crippen LogP contribution in [0.4, 0.5) is 20.3 Å². The Kier molecular flexibility index (Phi) is 6.61. The quantitative estimate of drug-likeness (QED) is 0.393. The van der Waals surface area contributed by atoms with Gasteiger partial charge in [-0.3, -0.25) is 4.72 Å². The Morgan fingerprint density at radius 3 is 2.54 bits per heavy atom. The molecular formula is C25H24F2N6O3S. The van der Waals surface area contributed by atoms with Crippen molar-refractivity contribution < 1.29 is 21.9 Å². The highest BCUT2D eigenvalue weighted by Crippen LogP contribution is 2.33. The highest BCUT2D eigenvalue weighted by molar-refractivity contribution is 7.92. The summed E-state index contributed by atoms with van der Waals surface area (Å²) in [5.74, 6) is -0.588. The first-order chi connectivity index (χ1) is 17.7. The number of sulfonamides is 1. The number of hydrogen-bond donors (Lipinski definition) is 2. The molecule has 5 rings (SSSR count). The Balaban J connectivity index is 1.56. The lowest BCUT2D eigenvalue weighted by Crippen LogP contribution is -2.44. The van der Waals surface area contributed by atoms with Gasteiger partial charge in [0, 0.05) is 49.4 Å². The second-order valence-corrected chi connectivity index (χ2v) is 10.2. The molecule has 0 spiro atoms. The number of rotatable bonds is 6. The van der Waals surface area contributed by atoms with Crippen molar-refractivity contribution in [2.75, 3.05) is 42.9 Å². The summed E-state index contributed by atoms with van der Waals surface area (Å²) < 4.78 is 60.8. The zero-order chi connectivity index (χ0) is 26.2. The average molecular weight is 527 g/mol. The number of ether oxygens (including phenoxy) is 1. The fraction of sp³-hybridized carbons (Fsp3) is 0.240. The summed E-state index contributed by atoms with van der Waals surface area (Å²) in [6.07, 6.45) is 1.55. The van der Waals surface area contributed by atoms with Crippen LogP contribution in [0.15, 0.2) is 53.6 Å². The molecule has 0 aliphatic carbocycles. The summed E-state index contributed by atoms with van der Waals surface area (Å²) >= 11 is 0. The molecule has 0 atom stereocenters. The summed E-state index contributed by atoms with van der Waals surface area (Å²) in [7, 11) is -3.06. The number of anilines is 2. The zero-order valence-electron chi connectivity index (χ0n) is 20.1. The van der Waals surface area contributed by atoms with E-state index in [0.717, 1.165) is 60.6 Å². The molecule has 3 heterocycles. The topological polar surface area (TPSA) is 109 Å². The van der Waals surface area contributed by atoms with Gasteiger partial charge < -0.3 is 15.0 Å². The molecule has 0 bridgehead atoms. The maximum atomic E-state index is 14.2. The molecule has 1 aliphatic rings. The van der Waals surface area contributed by atoms with Gasteiger partial charge in [-0.25, -0.2) is 32.2 Å². The van der Waals surface area contributed by atoms with Gasteiger partial charge in [-0.1, -0.05) is 6.07 Å². The Morgan fingerprint density at radius 2 is 1.81 bits per heavy atom. The van der Waals surface area contributed by atoms with Crippen LogP contribution in [0.25, 0.3) is 22.0 Å². The van der Waals surface area contributed by atoms with Crippen LogP contribution in [0.2, 0.25) is 0 Å². The number of halogens is 2. The zero-order valence-corrected chi connectivity index (χ0v) is 20.9. The molecule has 192 valence electrons. The number of nitrogens with zero attached hydrogens (tertiary/aromatic N) is 4. The monoisotopic (exact) mass is 526 g/mol. The molecule has 2 aromatic carbocycles. The van der Waals surface area contributed by atoms with Gasteiger partial charge in [-0.15, -0.1) is 0 Å². The van der Waals surface area contributed by atoms with E-state index in [1.807, 2.05) is 25.1 Å². The molecule has 37 heavy (non-hydrogen) atoms.